The first-order valence-electron chi connectivity index (χ1n) is 3.45. The van der Waals surface area contributed by atoms with E-state index in [9.17, 15) is 0 Å². The summed E-state index contributed by atoms with van der Waals surface area (Å²) >= 11 is 13.6. The minimum atomic E-state index is 0.397. The van der Waals surface area contributed by atoms with Gasteiger partial charge < -0.3 is 4.90 Å². The van der Waals surface area contributed by atoms with Crippen molar-refractivity contribution in [1.82, 2.24) is 4.90 Å². The smallest absolute Gasteiger partial charge is 0.174 e. The Hall–Kier alpha value is 0.400. The molecule has 0 radical (unpaired) electrons. The normalized spacial score (nSPS) is 10.5. The van der Waals surface area contributed by atoms with Crippen LogP contribution in [0.15, 0.2) is 11.2 Å². The molecular formula is C7H11BrClNS. The lowest BCUT2D eigenvalue weighted by atomic mass is 10.3. The van der Waals surface area contributed by atoms with Crippen molar-refractivity contribution in [3.63, 3.8) is 0 Å². The fourth-order valence-electron chi connectivity index (χ4n) is 0.618. The van der Waals surface area contributed by atoms with E-state index in [2.05, 4.69) is 22.9 Å². The van der Waals surface area contributed by atoms with Crippen LogP contribution in [0.25, 0.3) is 0 Å². The number of nitrogens with zero attached hydrogens (tertiary/aromatic N) is 1. The molecule has 0 spiro atoms. The van der Waals surface area contributed by atoms with Crippen LogP contribution in [0.2, 0.25) is 0 Å². The van der Waals surface area contributed by atoms with Gasteiger partial charge in [0.1, 0.15) is 0 Å². The number of thiocarbonyl (C=S) groups is 1. The van der Waals surface area contributed by atoms with Crippen molar-refractivity contribution in [3.05, 3.63) is 11.2 Å². The van der Waals surface area contributed by atoms with Gasteiger partial charge in [0.05, 0.1) is 0 Å². The fourth-order valence-corrected chi connectivity index (χ4v) is 1.20. The lowest BCUT2D eigenvalue weighted by Gasteiger charge is -2.15. The van der Waals surface area contributed by atoms with E-state index in [1.54, 1.807) is 4.99 Å². The summed E-state index contributed by atoms with van der Waals surface area (Å²) < 4.78 is 0.397. The van der Waals surface area contributed by atoms with E-state index >= 15 is 0 Å². The Kier molecular flexibility index (Phi) is 7.33. The van der Waals surface area contributed by atoms with Gasteiger partial charge in [-0.15, -0.1) is 0 Å². The van der Waals surface area contributed by atoms with Crippen LogP contribution in [0.4, 0.5) is 0 Å². The zero-order valence-electron chi connectivity index (χ0n) is 6.39. The van der Waals surface area contributed by atoms with Crippen LogP contribution in [0.1, 0.15) is 19.8 Å². The summed E-state index contributed by atoms with van der Waals surface area (Å²) in [5.74, 6) is 0. The molecule has 0 N–H and O–H groups in total. The van der Waals surface area contributed by atoms with E-state index in [0.717, 1.165) is 19.4 Å². The predicted molar refractivity (Wildman–Crippen MR) is 58.1 cm³/mol. The van der Waals surface area contributed by atoms with Gasteiger partial charge in [-0.25, -0.2) is 0 Å². The van der Waals surface area contributed by atoms with Crippen LogP contribution in [0, 0.1) is 0 Å². The summed E-state index contributed by atoms with van der Waals surface area (Å²) in [5.41, 5.74) is 0. The van der Waals surface area contributed by atoms with Gasteiger partial charge in [0.15, 0.2) is 4.45 Å². The molecule has 0 aliphatic rings. The van der Waals surface area contributed by atoms with E-state index < -0.39 is 0 Å². The number of hydrogen-bond donors (Lipinski definition) is 0. The summed E-state index contributed by atoms with van der Waals surface area (Å²) in [6.45, 7) is 3.02. The first-order valence-corrected chi connectivity index (χ1v) is 5.15. The molecule has 4 heteroatoms. The van der Waals surface area contributed by atoms with Crippen molar-refractivity contribution in [2.75, 3.05) is 6.54 Å². The van der Waals surface area contributed by atoms with Gasteiger partial charge in [-0.3, -0.25) is 0 Å². The molecule has 0 rings (SSSR count). The Labute approximate surface area is 86.5 Å². The molecule has 0 atom stereocenters. The van der Waals surface area contributed by atoms with Crippen LogP contribution < -0.4 is 0 Å². The Balaban J connectivity index is 3.79. The van der Waals surface area contributed by atoms with Crippen LogP contribution in [0.5, 0.6) is 0 Å². The van der Waals surface area contributed by atoms with E-state index in [4.69, 9.17) is 23.8 Å². The summed E-state index contributed by atoms with van der Waals surface area (Å²) in [7, 11) is 0. The second-order valence-corrected chi connectivity index (χ2v) is 3.57. The van der Waals surface area contributed by atoms with E-state index in [-0.39, 0.29) is 0 Å². The highest BCUT2D eigenvalue weighted by Crippen LogP contribution is 2.02. The molecule has 0 aliphatic heterocycles. The minimum Gasteiger partial charge on any atom is -0.329 e. The highest BCUT2D eigenvalue weighted by atomic mass is 79.9. The summed E-state index contributed by atoms with van der Waals surface area (Å²) in [5, 5.41) is 0. The fraction of sp³-hybridized carbons (Fsp3) is 0.571. The largest absolute Gasteiger partial charge is 0.329 e. The summed E-state index contributed by atoms with van der Waals surface area (Å²) in [4.78, 5) is 3.58. The lowest BCUT2D eigenvalue weighted by Crippen LogP contribution is -2.20. The number of rotatable bonds is 4. The molecule has 11 heavy (non-hydrogen) atoms. The van der Waals surface area contributed by atoms with E-state index in [0.29, 0.717) is 4.45 Å². The lowest BCUT2D eigenvalue weighted by molar-refractivity contribution is 0.543. The minimum absolute atomic E-state index is 0.397. The van der Waals surface area contributed by atoms with Gasteiger partial charge in [0, 0.05) is 12.7 Å². The maximum absolute atomic E-state index is 5.64. The average molecular weight is 257 g/mol. The molecule has 0 saturated carbocycles. The number of halogens is 2. The molecule has 1 nitrogen and oxygen atoms in total. The van der Waals surface area contributed by atoms with Crippen molar-refractivity contribution in [2.24, 2.45) is 0 Å². The zero-order chi connectivity index (χ0) is 8.69. The van der Waals surface area contributed by atoms with Crippen LogP contribution in [-0.2, 0) is 0 Å². The Morgan fingerprint density at radius 2 is 2.36 bits per heavy atom. The monoisotopic (exact) mass is 255 g/mol. The molecule has 64 valence electrons. The third kappa shape index (κ3) is 5.65. The Morgan fingerprint density at radius 3 is 2.73 bits per heavy atom. The standard InChI is InChI=1S/C7H11BrClNS/c1-2-3-5-10(6-4-8)7(9)11/h4,6H,2-3,5H2,1H3. The summed E-state index contributed by atoms with van der Waals surface area (Å²) in [6.07, 6.45) is 4.07. The van der Waals surface area contributed by atoms with Crippen molar-refractivity contribution in [3.8, 4) is 0 Å². The van der Waals surface area contributed by atoms with Crippen molar-refractivity contribution >= 4 is 44.2 Å². The molecule has 0 saturated heterocycles. The quantitative estimate of drug-likeness (QED) is 0.430. The van der Waals surface area contributed by atoms with Crippen LogP contribution >= 0.6 is 39.7 Å². The highest BCUT2D eigenvalue weighted by Gasteiger charge is 2.00. The molecule has 0 aromatic heterocycles. The van der Waals surface area contributed by atoms with Gasteiger partial charge in [-0.1, -0.05) is 40.9 Å². The Bertz CT molecular complexity index is 149. The molecule has 0 heterocycles. The third-order valence-corrected chi connectivity index (χ3v) is 1.90. The third-order valence-electron chi connectivity index (χ3n) is 1.21. The average Bonchev–Trinajstić information content (AvgIpc) is 1.97. The zero-order valence-corrected chi connectivity index (χ0v) is 9.55. The topological polar surface area (TPSA) is 3.24 Å². The van der Waals surface area contributed by atoms with Gasteiger partial charge in [-0.05, 0) is 23.6 Å². The van der Waals surface area contributed by atoms with E-state index in [1.807, 2.05) is 11.1 Å². The van der Waals surface area contributed by atoms with Crippen LogP contribution in [-0.4, -0.2) is 15.9 Å². The van der Waals surface area contributed by atoms with Crippen molar-refractivity contribution in [1.29, 1.82) is 0 Å². The molecule has 0 unspecified atom stereocenters. The first-order chi connectivity index (χ1) is 5.22. The molecule has 0 amide bonds. The van der Waals surface area contributed by atoms with Gasteiger partial charge in [-0.2, -0.15) is 0 Å². The maximum atomic E-state index is 5.64. The summed E-state index contributed by atoms with van der Waals surface area (Å²) in [6, 6.07) is 0. The predicted octanol–water partition coefficient (Wildman–Crippen LogP) is 3.48. The molecule has 0 aromatic rings. The van der Waals surface area contributed by atoms with Crippen molar-refractivity contribution in [2.45, 2.75) is 19.8 Å². The SMILES string of the molecule is CCCCN(C=CBr)C(=S)Cl. The van der Waals surface area contributed by atoms with E-state index in [1.165, 1.54) is 0 Å². The van der Waals surface area contributed by atoms with Gasteiger partial charge in [0.25, 0.3) is 0 Å². The molecular weight excluding hydrogens is 246 g/mol. The second kappa shape index (κ2) is 7.07. The first kappa shape index (κ1) is 11.4. The maximum Gasteiger partial charge on any atom is 0.174 e. The molecule has 0 aliphatic carbocycles. The molecule has 0 fully saturated rings. The highest BCUT2D eigenvalue weighted by molar-refractivity contribution is 9.11. The number of hydrogen-bond acceptors (Lipinski definition) is 1. The van der Waals surface area contributed by atoms with Gasteiger partial charge >= 0.3 is 0 Å². The Morgan fingerprint density at radius 1 is 1.73 bits per heavy atom. The molecule has 0 aromatic carbocycles. The van der Waals surface area contributed by atoms with Crippen molar-refractivity contribution < 1.29 is 0 Å². The van der Waals surface area contributed by atoms with Crippen LogP contribution in [0.3, 0.4) is 0 Å². The molecule has 0 bridgehead atoms. The second-order valence-electron chi connectivity index (χ2n) is 2.07. The van der Waals surface area contributed by atoms with Gasteiger partial charge in [0.2, 0.25) is 0 Å². The number of unbranched alkanes of at least 4 members (excludes halogenated alkanes) is 1.